The second kappa shape index (κ2) is 9.91. The van der Waals surface area contributed by atoms with Crippen LogP contribution in [-0.2, 0) is 11.0 Å². The van der Waals surface area contributed by atoms with E-state index in [-0.39, 0.29) is 5.69 Å². The molecule has 2 atom stereocenters. The van der Waals surface area contributed by atoms with Crippen LogP contribution >= 0.6 is 11.6 Å². The Kier molecular flexibility index (Phi) is 7.53. The molecule has 1 unspecified atom stereocenters. The smallest absolute Gasteiger partial charge is 0.394 e. The number of alkyl halides is 3. The van der Waals surface area contributed by atoms with Crippen LogP contribution < -0.4 is 9.80 Å². The van der Waals surface area contributed by atoms with Gasteiger partial charge in [0.25, 0.3) is 5.91 Å². The third-order valence-corrected chi connectivity index (χ3v) is 5.68. The second-order valence-electron chi connectivity index (χ2n) is 7.85. The largest absolute Gasteiger partial charge is 0.416 e. The fourth-order valence-electron chi connectivity index (χ4n) is 3.62. The summed E-state index contributed by atoms with van der Waals surface area (Å²) in [5, 5.41) is 18.0. The highest BCUT2D eigenvalue weighted by molar-refractivity contribution is 6.31. The van der Waals surface area contributed by atoms with Gasteiger partial charge in [-0.25, -0.2) is 18.6 Å². The number of anilines is 2. The van der Waals surface area contributed by atoms with Gasteiger partial charge >= 0.3 is 12.2 Å². The number of pyridine rings is 1. The topological polar surface area (TPSA) is 97.2 Å². The van der Waals surface area contributed by atoms with E-state index < -0.39 is 83.7 Å². The summed E-state index contributed by atoms with van der Waals surface area (Å²) < 4.78 is 68.2. The highest BCUT2D eigenvalue weighted by Crippen LogP contribution is 2.34. The van der Waals surface area contributed by atoms with Crippen LogP contribution in [0.15, 0.2) is 24.3 Å². The van der Waals surface area contributed by atoms with E-state index in [2.05, 4.69) is 4.98 Å². The third-order valence-electron chi connectivity index (χ3n) is 5.33. The molecule has 2 heterocycles. The molecule has 8 nitrogen and oxygen atoms in total. The highest BCUT2D eigenvalue weighted by atomic mass is 35.5. The molecule has 1 aliphatic rings. The van der Waals surface area contributed by atoms with Crippen molar-refractivity contribution in [2.24, 2.45) is 0 Å². The van der Waals surface area contributed by atoms with E-state index in [0.717, 1.165) is 35.0 Å². The molecule has 0 radical (unpaired) electrons. The lowest BCUT2D eigenvalue weighted by Gasteiger charge is -2.27. The van der Waals surface area contributed by atoms with Crippen molar-refractivity contribution >= 4 is 35.0 Å². The minimum absolute atomic E-state index is 0.0904. The van der Waals surface area contributed by atoms with Crippen molar-refractivity contribution in [3.8, 4) is 0 Å². The van der Waals surface area contributed by atoms with Crippen molar-refractivity contribution in [2.45, 2.75) is 25.2 Å². The number of carbonyl (C=O) groups excluding carboxylic acids is 2. The summed E-state index contributed by atoms with van der Waals surface area (Å²) in [5.41, 5.74) is -1.64. The highest BCUT2D eigenvalue weighted by Gasteiger charge is 2.46. The van der Waals surface area contributed by atoms with Crippen molar-refractivity contribution < 1.29 is 41.8 Å². The lowest BCUT2D eigenvalue weighted by Crippen LogP contribution is -2.47. The molecule has 35 heavy (non-hydrogen) atoms. The van der Waals surface area contributed by atoms with Gasteiger partial charge in [0.2, 0.25) is 0 Å². The van der Waals surface area contributed by atoms with Gasteiger partial charge in [-0.15, -0.1) is 0 Å². The van der Waals surface area contributed by atoms with E-state index in [1.54, 1.807) is 0 Å². The van der Waals surface area contributed by atoms with Gasteiger partial charge in [-0.2, -0.15) is 13.2 Å². The van der Waals surface area contributed by atoms with Gasteiger partial charge in [-0.3, -0.25) is 9.69 Å². The number of β-amino-alcohol motifs (C(OH)–C–C–N with tert-alkyl or cyclic N) is 1. The molecule has 0 spiro atoms. The zero-order valence-corrected chi connectivity index (χ0v) is 19.1. The van der Waals surface area contributed by atoms with E-state index in [1.807, 2.05) is 0 Å². The number of nitrogens with zero attached hydrogens (tertiary/aromatic N) is 4. The fourth-order valence-corrected chi connectivity index (χ4v) is 3.78. The predicted molar refractivity (Wildman–Crippen MR) is 115 cm³/mol. The maximum absolute atomic E-state index is 14.5. The summed E-state index contributed by atoms with van der Waals surface area (Å²) in [4.78, 5) is 32.8. The quantitative estimate of drug-likeness (QED) is 0.449. The normalized spacial score (nSPS) is 17.2. The number of likely N-dealkylation sites (N-methyl/N-ethyl adjacent to an activating group) is 1. The molecule has 2 N–H and O–H groups in total. The number of rotatable bonds is 6. The Morgan fingerprint density at radius 3 is 2.57 bits per heavy atom. The first-order chi connectivity index (χ1) is 16.3. The second-order valence-corrected chi connectivity index (χ2v) is 8.23. The number of amides is 3. The average Bonchev–Trinajstić information content (AvgIpc) is 3.11. The van der Waals surface area contributed by atoms with Gasteiger partial charge in [-0.05, 0) is 31.2 Å². The van der Waals surface area contributed by atoms with Gasteiger partial charge in [0.15, 0.2) is 5.82 Å². The summed E-state index contributed by atoms with van der Waals surface area (Å²) in [6.45, 7) is -0.311. The molecule has 14 heteroatoms. The zero-order valence-electron chi connectivity index (χ0n) is 18.4. The van der Waals surface area contributed by atoms with Crippen molar-refractivity contribution in [3.63, 3.8) is 0 Å². The van der Waals surface area contributed by atoms with Gasteiger partial charge in [0.05, 0.1) is 37.1 Å². The van der Waals surface area contributed by atoms with E-state index >= 15 is 0 Å². The average molecular weight is 523 g/mol. The molecule has 1 aromatic carbocycles. The van der Waals surface area contributed by atoms with Crippen LogP contribution in [0.2, 0.25) is 5.02 Å². The van der Waals surface area contributed by atoms with Crippen LogP contribution in [0.5, 0.6) is 0 Å². The van der Waals surface area contributed by atoms with E-state index in [4.69, 9.17) is 16.7 Å². The SMILES string of the molecule is Cc1cc(C(F)(F)F)cc(N2C(=O)N(CC(O)CO)C[C@H]2C(=O)N(C)c2ccc(F)c(Cl)c2F)n1. The van der Waals surface area contributed by atoms with Gasteiger partial charge in [0, 0.05) is 12.7 Å². The number of urea groups is 1. The van der Waals surface area contributed by atoms with Crippen molar-refractivity contribution in [2.75, 3.05) is 36.5 Å². The van der Waals surface area contributed by atoms with Crippen LogP contribution in [0.1, 0.15) is 11.3 Å². The van der Waals surface area contributed by atoms with Crippen LogP contribution in [0.4, 0.5) is 38.3 Å². The molecule has 3 amide bonds. The molecule has 2 aromatic rings. The Hall–Kier alpha value is -3.03. The number of halogens is 6. The summed E-state index contributed by atoms with van der Waals surface area (Å²) in [7, 11) is 1.12. The fraction of sp³-hybridized carbons (Fsp3) is 0.381. The van der Waals surface area contributed by atoms with Crippen LogP contribution in [-0.4, -0.2) is 70.9 Å². The van der Waals surface area contributed by atoms with Crippen molar-refractivity contribution in [1.29, 1.82) is 0 Å². The van der Waals surface area contributed by atoms with Crippen LogP contribution in [0.25, 0.3) is 0 Å². The molecule has 1 saturated heterocycles. The van der Waals surface area contributed by atoms with Crippen LogP contribution in [0, 0.1) is 18.6 Å². The number of aromatic nitrogens is 1. The molecule has 1 aliphatic heterocycles. The summed E-state index contributed by atoms with van der Waals surface area (Å²) >= 11 is 5.58. The zero-order chi connectivity index (χ0) is 26.2. The standard InChI is InChI=1S/C21H20ClF5N4O4/c1-10-5-11(21(25,26)27)6-16(28-10)31-15(8-30(20(31)35)7-12(33)9-32)19(34)29(2)14-4-3-13(23)17(22)18(14)24/h3-6,12,15,32-33H,7-9H2,1-2H3/t12?,15-/m0/s1. The molecular formula is C21H20ClF5N4O4. The Bertz CT molecular complexity index is 1150. The van der Waals surface area contributed by atoms with E-state index in [0.29, 0.717) is 11.0 Å². The molecule has 1 aromatic heterocycles. The lowest BCUT2D eigenvalue weighted by atomic mass is 10.1. The first-order valence-electron chi connectivity index (χ1n) is 10.1. The van der Waals surface area contributed by atoms with Crippen molar-refractivity contribution in [1.82, 2.24) is 9.88 Å². The number of aliphatic hydroxyl groups excluding tert-OH is 2. The first-order valence-corrected chi connectivity index (χ1v) is 10.5. The molecule has 3 rings (SSSR count). The summed E-state index contributed by atoms with van der Waals surface area (Å²) in [6, 6.07) is 0.645. The van der Waals surface area contributed by atoms with Crippen molar-refractivity contribution in [3.05, 3.63) is 52.2 Å². The molecule has 0 saturated carbocycles. The number of hydrogen-bond acceptors (Lipinski definition) is 5. The number of aryl methyl sites for hydroxylation is 1. The molecule has 190 valence electrons. The maximum atomic E-state index is 14.5. The monoisotopic (exact) mass is 522 g/mol. The number of hydrogen-bond donors (Lipinski definition) is 2. The number of carbonyl (C=O) groups is 2. The molecule has 0 aliphatic carbocycles. The minimum atomic E-state index is -4.78. The number of aliphatic hydroxyl groups is 2. The van der Waals surface area contributed by atoms with E-state index in [1.165, 1.54) is 6.92 Å². The van der Waals surface area contributed by atoms with Gasteiger partial charge < -0.3 is 20.0 Å². The molecule has 0 bridgehead atoms. The minimum Gasteiger partial charge on any atom is -0.394 e. The van der Waals surface area contributed by atoms with Crippen LogP contribution in [0.3, 0.4) is 0 Å². The van der Waals surface area contributed by atoms with E-state index in [9.17, 15) is 36.6 Å². The summed E-state index contributed by atoms with van der Waals surface area (Å²) in [6.07, 6.45) is -6.17. The maximum Gasteiger partial charge on any atom is 0.416 e. The number of benzene rings is 1. The van der Waals surface area contributed by atoms with Gasteiger partial charge in [0.1, 0.15) is 22.7 Å². The lowest BCUT2D eigenvalue weighted by molar-refractivity contribution is -0.137. The summed E-state index contributed by atoms with van der Waals surface area (Å²) in [5.74, 6) is -3.76. The molecular weight excluding hydrogens is 503 g/mol. The van der Waals surface area contributed by atoms with Gasteiger partial charge in [-0.1, -0.05) is 11.6 Å². The predicted octanol–water partition coefficient (Wildman–Crippen LogP) is 2.97. The Balaban J connectivity index is 2.06. The molecule has 1 fully saturated rings. The first kappa shape index (κ1) is 26.6. The Labute approximate surface area is 201 Å². The Morgan fingerprint density at radius 2 is 1.97 bits per heavy atom. The Morgan fingerprint density at radius 1 is 1.31 bits per heavy atom. The third kappa shape index (κ3) is 5.31.